The van der Waals surface area contributed by atoms with Crippen molar-refractivity contribution >= 4 is 39.0 Å². The number of hydrogen-bond acceptors (Lipinski definition) is 6. The fourth-order valence-electron chi connectivity index (χ4n) is 2.48. The molecule has 1 aromatic carbocycles. The molecule has 0 aliphatic rings. The van der Waals surface area contributed by atoms with Crippen molar-refractivity contribution in [2.45, 2.75) is 53.0 Å². The molecule has 2 atom stereocenters. The first-order valence-electron chi connectivity index (χ1n) is 9.56. The van der Waals surface area contributed by atoms with E-state index in [1.807, 2.05) is 27.7 Å². The van der Waals surface area contributed by atoms with Gasteiger partial charge in [0.25, 0.3) is 0 Å². The predicted octanol–water partition coefficient (Wildman–Crippen LogP) is 6.13. The van der Waals surface area contributed by atoms with E-state index in [0.717, 1.165) is 4.47 Å². The van der Waals surface area contributed by atoms with E-state index in [1.165, 1.54) is 11.3 Å². The second-order valence-electron chi connectivity index (χ2n) is 5.24. The van der Waals surface area contributed by atoms with Crippen LogP contribution in [0.2, 0.25) is 0 Å². The number of Topliss-reactive ketones (excluding diaryl/α,β-unsaturated/α-hetero) is 1. The van der Waals surface area contributed by atoms with E-state index in [4.69, 9.17) is 4.74 Å². The maximum atomic E-state index is 12.5. The molecule has 2 rings (SSSR count). The highest BCUT2D eigenvalue weighted by Gasteiger charge is 2.42. The molecule has 0 spiro atoms. The fraction of sp³-hybridized carbons (Fsp3) is 0.429. The zero-order chi connectivity index (χ0) is 22.4. The summed E-state index contributed by atoms with van der Waals surface area (Å²) in [4.78, 5) is 36.0. The summed E-state index contributed by atoms with van der Waals surface area (Å²) >= 11 is 4.57. The summed E-state index contributed by atoms with van der Waals surface area (Å²) in [5, 5.41) is 13.3. The van der Waals surface area contributed by atoms with Crippen LogP contribution in [0.25, 0.3) is 0 Å². The Balaban J connectivity index is 0.00000184. The molecule has 0 saturated heterocycles. The number of benzene rings is 1. The Morgan fingerprint density at radius 3 is 2.17 bits per heavy atom. The van der Waals surface area contributed by atoms with Crippen LogP contribution in [0.3, 0.4) is 0 Å². The number of carbonyl (C=O) groups excluding carboxylic acids is 2. The number of ether oxygens (including phenoxy) is 1. The highest BCUT2D eigenvalue weighted by Crippen LogP contribution is 2.30. The zero-order valence-corrected chi connectivity index (χ0v) is 19.8. The highest BCUT2D eigenvalue weighted by molar-refractivity contribution is 9.10. The minimum absolute atomic E-state index is 0.0368. The maximum absolute atomic E-state index is 12.5. The molecule has 0 saturated carbocycles. The first kappa shape index (κ1) is 26.9. The lowest BCUT2D eigenvalue weighted by Gasteiger charge is -2.19. The van der Waals surface area contributed by atoms with Crippen LogP contribution in [-0.2, 0) is 9.53 Å². The average Bonchev–Trinajstić information content (AvgIpc) is 3.26. The molecule has 0 N–H and O–H groups in total. The standard InChI is InChI=1S/C17H16BrNO5S.2C2H6/c1-2-24-17(21)16(19(22)23)13(11-5-7-12(18)8-6-11)10-14(20)15-4-3-9-25-15;2*1-2/h3-9,13,16H,2,10H2,1H3;2*1-2H3. The van der Waals surface area contributed by atoms with E-state index in [9.17, 15) is 19.7 Å². The van der Waals surface area contributed by atoms with Gasteiger partial charge in [-0.2, -0.15) is 0 Å². The Bertz CT molecular complexity index is 747. The van der Waals surface area contributed by atoms with E-state index in [-0.39, 0.29) is 18.8 Å². The molecule has 6 nitrogen and oxygen atoms in total. The molecule has 0 fully saturated rings. The molecule has 1 heterocycles. The number of ketones is 1. The van der Waals surface area contributed by atoms with Crippen molar-refractivity contribution in [1.82, 2.24) is 0 Å². The van der Waals surface area contributed by atoms with Crippen LogP contribution in [0.5, 0.6) is 0 Å². The first-order valence-corrected chi connectivity index (χ1v) is 11.2. The van der Waals surface area contributed by atoms with Gasteiger partial charge >= 0.3 is 12.0 Å². The van der Waals surface area contributed by atoms with Gasteiger partial charge in [0.15, 0.2) is 5.78 Å². The van der Waals surface area contributed by atoms with Crippen LogP contribution >= 0.6 is 27.3 Å². The Morgan fingerprint density at radius 1 is 1.14 bits per heavy atom. The third-order valence-corrected chi connectivity index (χ3v) is 5.08. The van der Waals surface area contributed by atoms with E-state index in [0.29, 0.717) is 10.4 Å². The number of nitrogens with zero attached hydrogens (tertiary/aromatic N) is 1. The number of hydrogen-bond donors (Lipinski definition) is 0. The summed E-state index contributed by atoms with van der Waals surface area (Å²) in [6.45, 7) is 9.62. The molecule has 2 aromatic rings. The van der Waals surface area contributed by atoms with Crippen molar-refractivity contribution < 1.29 is 19.2 Å². The van der Waals surface area contributed by atoms with Gasteiger partial charge in [-0.3, -0.25) is 14.9 Å². The normalized spacial score (nSPS) is 11.7. The summed E-state index contributed by atoms with van der Waals surface area (Å²) in [5.41, 5.74) is 0.544. The van der Waals surface area contributed by atoms with E-state index >= 15 is 0 Å². The second-order valence-corrected chi connectivity index (χ2v) is 7.11. The first-order chi connectivity index (χ1) is 13.9. The molecule has 0 aliphatic heterocycles. The van der Waals surface area contributed by atoms with Gasteiger partial charge in [-0.25, -0.2) is 4.79 Å². The lowest BCUT2D eigenvalue weighted by Crippen LogP contribution is -2.38. The molecule has 160 valence electrons. The third-order valence-electron chi connectivity index (χ3n) is 3.64. The lowest BCUT2D eigenvalue weighted by atomic mass is 9.87. The van der Waals surface area contributed by atoms with Gasteiger partial charge in [-0.1, -0.05) is 61.8 Å². The molecule has 29 heavy (non-hydrogen) atoms. The van der Waals surface area contributed by atoms with Gasteiger partial charge in [0.2, 0.25) is 0 Å². The maximum Gasteiger partial charge on any atom is 0.382 e. The van der Waals surface area contributed by atoms with Crippen molar-refractivity contribution in [2.75, 3.05) is 6.61 Å². The van der Waals surface area contributed by atoms with Gasteiger partial charge in [0.1, 0.15) is 0 Å². The Labute approximate surface area is 184 Å². The average molecular weight is 486 g/mol. The summed E-state index contributed by atoms with van der Waals surface area (Å²) in [6.07, 6.45) is -0.146. The molecule has 0 radical (unpaired) electrons. The predicted molar refractivity (Wildman–Crippen MR) is 120 cm³/mol. The SMILES string of the molecule is CC.CC.CCOC(=O)C(C(CC(=O)c1cccs1)c1ccc(Br)cc1)[N+](=O)[O-]. The Kier molecular flexibility index (Phi) is 13.8. The van der Waals surface area contributed by atoms with Gasteiger partial charge in [-0.05, 0) is 36.1 Å². The number of rotatable bonds is 8. The molecule has 8 heteroatoms. The van der Waals surface area contributed by atoms with Gasteiger partial charge < -0.3 is 4.74 Å². The van der Waals surface area contributed by atoms with Gasteiger partial charge in [0, 0.05) is 15.8 Å². The minimum atomic E-state index is -1.63. The minimum Gasteiger partial charge on any atom is -0.461 e. The molecule has 1 aromatic heterocycles. The lowest BCUT2D eigenvalue weighted by molar-refractivity contribution is -0.514. The van der Waals surface area contributed by atoms with Crippen molar-refractivity contribution in [3.8, 4) is 0 Å². The molecule has 0 bridgehead atoms. The number of esters is 1. The van der Waals surface area contributed by atoms with Crippen molar-refractivity contribution in [1.29, 1.82) is 0 Å². The quantitative estimate of drug-likeness (QED) is 0.194. The largest absolute Gasteiger partial charge is 0.461 e. The van der Waals surface area contributed by atoms with Crippen LogP contribution in [0.1, 0.15) is 62.2 Å². The van der Waals surface area contributed by atoms with Crippen LogP contribution in [-0.4, -0.2) is 29.3 Å². The second kappa shape index (κ2) is 14.9. The summed E-state index contributed by atoms with van der Waals surface area (Å²) in [7, 11) is 0. The van der Waals surface area contributed by atoms with Crippen LogP contribution in [0.15, 0.2) is 46.3 Å². The Hall–Kier alpha value is -2.06. The number of halogens is 1. The van der Waals surface area contributed by atoms with E-state index in [1.54, 1.807) is 48.7 Å². The molecule has 0 amide bonds. The fourth-order valence-corrected chi connectivity index (χ4v) is 3.42. The van der Waals surface area contributed by atoms with Crippen molar-refractivity contribution in [2.24, 2.45) is 0 Å². The van der Waals surface area contributed by atoms with Crippen molar-refractivity contribution in [3.63, 3.8) is 0 Å². The third kappa shape index (κ3) is 8.45. The topological polar surface area (TPSA) is 86.5 Å². The van der Waals surface area contributed by atoms with Crippen LogP contribution < -0.4 is 0 Å². The smallest absolute Gasteiger partial charge is 0.382 e. The monoisotopic (exact) mass is 485 g/mol. The van der Waals surface area contributed by atoms with E-state index in [2.05, 4.69) is 15.9 Å². The number of thiophene rings is 1. The van der Waals surface area contributed by atoms with Crippen molar-refractivity contribution in [3.05, 3.63) is 66.8 Å². The highest BCUT2D eigenvalue weighted by atomic mass is 79.9. The molecule has 2 unspecified atom stereocenters. The van der Waals surface area contributed by atoms with Crippen LogP contribution in [0.4, 0.5) is 0 Å². The number of carbonyl (C=O) groups is 2. The number of nitro groups is 1. The van der Waals surface area contributed by atoms with Gasteiger partial charge in [-0.15, -0.1) is 11.3 Å². The Morgan fingerprint density at radius 2 is 1.72 bits per heavy atom. The summed E-state index contributed by atoms with van der Waals surface area (Å²) in [5.74, 6) is -2.07. The zero-order valence-electron chi connectivity index (χ0n) is 17.4. The van der Waals surface area contributed by atoms with Crippen LogP contribution in [0, 0.1) is 10.1 Å². The molecular formula is C21H28BrNO5S. The summed E-state index contributed by atoms with van der Waals surface area (Å²) in [6, 6.07) is 8.56. The van der Waals surface area contributed by atoms with E-state index < -0.39 is 22.9 Å². The van der Waals surface area contributed by atoms with Gasteiger partial charge in [0.05, 0.1) is 17.4 Å². The molecule has 0 aliphatic carbocycles. The molecular weight excluding hydrogens is 458 g/mol. The summed E-state index contributed by atoms with van der Waals surface area (Å²) < 4.78 is 5.66.